The van der Waals surface area contributed by atoms with Crippen molar-refractivity contribution in [3.8, 4) is 0 Å². The van der Waals surface area contributed by atoms with Crippen molar-refractivity contribution < 1.29 is 4.79 Å². The maximum absolute atomic E-state index is 11.9. The van der Waals surface area contributed by atoms with Crippen LogP contribution in [-0.4, -0.2) is 18.5 Å². The molecule has 1 unspecified atom stereocenters. The van der Waals surface area contributed by atoms with E-state index in [4.69, 9.17) is 11.6 Å². The minimum Gasteiger partial charge on any atom is -0.354 e. The van der Waals surface area contributed by atoms with E-state index in [1.807, 2.05) is 25.1 Å². The van der Waals surface area contributed by atoms with Gasteiger partial charge in [-0.1, -0.05) is 43.6 Å². The normalized spacial score (nSPS) is 12.8. The molecule has 21 heavy (non-hydrogen) atoms. The molecule has 2 aromatic rings. The van der Waals surface area contributed by atoms with Crippen molar-refractivity contribution in [1.29, 1.82) is 0 Å². The number of nitrogens with one attached hydrogen (secondary N) is 2. The van der Waals surface area contributed by atoms with E-state index < -0.39 is 0 Å². The van der Waals surface area contributed by atoms with Gasteiger partial charge in [0.05, 0.1) is 11.1 Å². The largest absolute Gasteiger partial charge is 0.354 e. The van der Waals surface area contributed by atoms with Crippen molar-refractivity contribution in [2.75, 3.05) is 6.54 Å². The Morgan fingerprint density at radius 2 is 2.00 bits per heavy atom. The fourth-order valence-corrected chi connectivity index (χ4v) is 3.43. The molecular weight excluding hydrogens is 304 g/mol. The van der Waals surface area contributed by atoms with Crippen LogP contribution in [0.1, 0.15) is 25.6 Å². The van der Waals surface area contributed by atoms with E-state index >= 15 is 0 Å². The highest BCUT2D eigenvalue weighted by Gasteiger charge is 2.15. The van der Waals surface area contributed by atoms with Crippen molar-refractivity contribution in [3.05, 3.63) is 34.2 Å². The van der Waals surface area contributed by atoms with Crippen molar-refractivity contribution in [2.24, 2.45) is 5.92 Å². The molecule has 0 spiro atoms. The molecule has 3 nitrogen and oxygen atoms in total. The minimum atomic E-state index is -0.231. The number of carbonyl (C=O) groups is 1. The number of hydrogen-bond acceptors (Lipinski definition) is 3. The van der Waals surface area contributed by atoms with Gasteiger partial charge in [-0.2, -0.15) is 0 Å². The third-order valence-electron chi connectivity index (χ3n) is 3.25. The smallest absolute Gasteiger partial charge is 0.236 e. The maximum atomic E-state index is 11.9. The summed E-state index contributed by atoms with van der Waals surface area (Å²) in [5.74, 6) is 0.485. The van der Waals surface area contributed by atoms with Crippen LogP contribution in [0.4, 0.5) is 0 Å². The minimum absolute atomic E-state index is 0.0286. The van der Waals surface area contributed by atoms with Gasteiger partial charge in [0.2, 0.25) is 5.91 Å². The van der Waals surface area contributed by atoms with Crippen LogP contribution in [0.25, 0.3) is 10.1 Å². The van der Waals surface area contributed by atoms with Crippen LogP contribution in [0.3, 0.4) is 0 Å². The van der Waals surface area contributed by atoms with Gasteiger partial charge < -0.3 is 10.6 Å². The third-order valence-corrected chi connectivity index (χ3v) is 4.96. The molecule has 1 aromatic carbocycles. The zero-order chi connectivity index (χ0) is 15.4. The van der Waals surface area contributed by atoms with Gasteiger partial charge in [-0.15, -0.1) is 11.3 Å². The molecule has 114 valence electrons. The Kier molecular flexibility index (Phi) is 5.62. The maximum Gasteiger partial charge on any atom is 0.236 e. The highest BCUT2D eigenvalue weighted by molar-refractivity contribution is 7.19. The Labute approximate surface area is 134 Å². The number of rotatable bonds is 6. The molecule has 0 saturated carbocycles. The van der Waals surface area contributed by atoms with Gasteiger partial charge >= 0.3 is 0 Å². The molecule has 2 N–H and O–H groups in total. The predicted molar refractivity (Wildman–Crippen MR) is 91.0 cm³/mol. The Morgan fingerprint density at radius 3 is 2.67 bits per heavy atom. The number of thiophene rings is 1. The Bertz CT molecular complexity index is 624. The monoisotopic (exact) mass is 324 g/mol. The van der Waals surface area contributed by atoms with Crippen molar-refractivity contribution in [3.63, 3.8) is 0 Å². The zero-order valence-corrected chi connectivity index (χ0v) is 14.1. The fourth-order valence-electron chi connectivity index (χ4n) is 1.97. The topological polar surface area (TPSA) is 41.1 Å². The molecular formula is C16H21ClN2OS. The second-order valence-electron chi connectivity index (χ2n) is 5.58. The second kappa shape index (κ2) is 7.25. The van der Waals surface area contributed by atoms with Crippen molar-refractivity contribution in [2.45, 2.75) is 33.4 Å². The number of amides is 1. The Balaban J connectivity index is 1.95. The zero-order valence-electron chi connectivity index (χ0n) is 12.6. The van der Waals surface area contributed by atoms with E-state index in [1.54, 1.807) is 11.3 Å². The summed E-state index contributed by atoms with van der Waals surface area (Å²) >= 11 is 8.06. The SMILES string of the molecule is CC(C)CNC(=O)C(C)NCc1sc2ccccc2c1Cl. The quantitative estimate of drug-likeness (QED) is 0.848. The van der Waals surface area contributed by atoms with Crippen LogP contribution < -0.4 is 10.6 Å². The molecule has 0 radical (unpaired) electrons. The Morgan fingerprint density at radius 1 is 1.29 bits per heavy atom. The summed E-state index contributed by atoms with van der Waals surface area (Å²) in [6.45, 7) is 7.34. The van der Waals surface area contributed by atoms with E-state index in [-0.39, 0.29) is 11.9 Å². The first kappa shape index (κ1) is 16.3. The number of fused-ring (bicyclic) bond motifs is 1. The van der Waals surface area contributed by atoms with Crippen LogP contribution in [0.2, 0.25) is 5.02 Å². The summed E-state index contributed by atoms with van der Waals surface area (Å²) in [6, 6.07) is 7.85. The number of benzene rings is 1. The van der Waals surface area contributed by atoms with Gasteiger partial charge in [-0.05, 0) is 18.9 Å². The Hall–Kier alpha value is -1.10. The van der Waals surface area contributed by atoms with Gasteiger partial charge in [0.15, 0.2) is 0 Å². The molecule has 5 heteroatoms. The summed E-state index contributed by atoms with van der Waals surface area (Å²) < 4.78 is 1.18. The highest BCUT2D eigenvalue weighted by atomic mass is 35.5. The standard InChI is InChI=1S/C16H21ClN2OS/c1-10(2)8-19-16(20)11(3)18-9-14-15(17)12-6-4-5-7-13(12)21-14/h4-7,10-11,18H,8-9H2,1-3H3,(H,19,20). The first-order chi connectivity index (χ1) is 9.99. The number of hydrogen-bond donors (Lipinski definition) is 2. The van der Waals surface area contributed by atoms with Gasteiger partial charge in [-0.3, -0.25) is 4.79 Å². The molecule has 0 aliphatic rings. The lowest BCUT2D eigenvalue weighted by Gasteiger charge is -2.14. The number of halogens is 1. The summed E-state index contributed by atoms with van der Waals surface area (Å²) in [7, 11) is 0. The van der Waals surface area contributed by atoms with Gasteiger partial charge in [-0.25, -0.2) is 0 Å². The second-order valence-corrected chi connectivity index (χ2v) is 7.09. The lowest BCUT2D eigenvalue weighted by Crippen LogP contribution is -2.42. The van der Waals surface area contributed by atoms with Crippen LogP contribution in [-0.2, 0) is 11.3 Å². The average Bonchev–Trinajstić information content (AvgIpc) is 2.79. The van der Waals surface area contributed by atoms with Gasteiger partial charge in [0.25, 0.3) is 0 Å². The molecule has 2 rings (SSSR count). The van der Waals surface area contributed by atoms with Crippen LogP contribution in [0.15, 0.2) is 24.3 Å². The molecule has 0 aliphatic heterocycles. The number of carbonyl (C=O) groups excluding carboxylic acids is 1. The van der Waals surface area contributed by atoms with Crippen molar-refractivity contribution >= 4 is 38.9 Å². The molecule has 0 fully saturated rings. The lowest BCUT2D eigenvalue weighted by molar-refractivity contribution is -0.122. The molecule has 1 amide bonds. The van der Waals surface area contributed by atoms with Gasteiger partial charge in [0, 0.05) is 28.1 Å². The molecule has 0 bridgehead atoms. The molecule has 1 aromatic heterocycles. The summed E-state index contributed by atoms with van der Waals surface area (Å²) in [5.41, 5.74) is 0. The molecule has 1 atom stereocenters. The lowest BCUT2D eigenvalue weighted by atomic mass is 10.2. The van der Waals surface area contributed by atoms with E-state index in [9.17, 15) is 4.79 Å². The van der Waals surface area contributed by atoms with Crippen LogP contribution in [0.5, 0.6) is 0 Å². The van der Waals surface area contributed by atoms with Crippen LogP contribution >= 0.6 is 22.9 Å². The summed E-state index contributed by atoms with van der Waals surface area (Å²) in [4.78, 5) is 13.0. The van der Waals surface area contributed by atoms with Crippen LogP contribution in [0, 0.1) is 5.92 Å². The summed E-state index contributed by atoms with van der Waals surface area (Å²) in [5, 5.41) is 8.04. The molecule has 0 aliphatic carbocycles. The molecule has 0 saturated heterocycles. The van der Waals surface area contributed by atoms with Gasteiger partial charge in [0.1, 0.15) is 0 Å². The highest BCUT2D eigenvalue weighted by Crippen LogP contribution is 2.34. The third kappa shape index (κ3) is 4.19. The summed E-state index contributed by atoms with van der Waals surface area (Å²) in [6.07, 6.45) is 0. The molecule has 1 heterocycles. The van der Waals surface area contributed by atoms with E-state index in [0.29, 0.717) is 19.0 Å². The van der Waals surface area contributed by atoms with E-state index in [0.717, 1.165) is 15.3 Å². The van der Waals surface area contributed by atoms with E-state index in [1.165, 1.54) is 4.70 Å². The van der Waals surface area contributed by atoms with E-state index in [2.05, 4.69) is 30.5 Å². The first-order valence-corrected chi connectivity index (χ1v) is 8.35. The average molecular weight is 325 g/mol. The first-order valence-electron chi connectivity index (χ1n) is 7.16. The van der Waals surface area contributed by atoms with Crippen molar-refractivity contribution in [1.82, 2.24) is 10.6 Å². The predicted octanol–water partition coefficient (Wildman–Crippen LogP) is 3.81. The fraction of sp³-hybridized carbons (Fsp3) is 0.438.